The van der Waals surface area contributed by atoms with Crippen molar-refractivity contribution >= 4 is 5.91 Å². The number of nitrogens with one attached hydrogen (secondary N) is 2. The van der Waals surface area contributed by atoms with Crippen LogP contribution in [0.3, 0.4) is 0 Å². The smallest absolute Gasteiger partial charge is 0.221 e. The third-order valence-electron chi connectivity index (χ3n) is 3.18. The molecule has 1 rings (SSSR count). The quantitative estimate of drug-likeness (QED) is 0.788. The van der Waals surface area contributed by atoms with E-state index in [9.17, 15) is 4.79 Å². The maximum Gasteiger partial charge on any atom is 0.221 e. The molecule has 0 radical (unpaired) electrons. The van der Waals surface area contributed by atoms with Crippen LogP contribution in [0.1, 0.15) is 25.8 Å². The van der Waals surface area contributed by atoms with E-state index < -0.39 is 0 Å². The number of hydrogen-bond acceptors (Lipinski definition) is 3. The fraction of sp³-hybridized carbons (Fsp3) is 0.533. The Morgan fingerprint density at radius 3 is 2.74 bits per heavy atom. The molecule has 4 nitrogen and oxygen atoms in total. The molecule has 0 saturated heterocycles. The summed E-state index contributed by atoms with van der Waals surface area (Å²) in [5.41, 5.74) is 1.03. The van der Waals surface area contributed by atoms with Gasteiger partial charge in [0.1, 0.15) is 5.75 Å². The molecule has 0 fully saturated rings. The fourth-order valence-corrected chi connectivity index (χ4v) is 1.79. The molecule has 0 heterocycles. The SMILES string of the molecule is CNCCC(=O)NCC(C)(C)c1cccc(OC)c1. The topological polar surface area (TPSA) is 50.4 Å². The first-order valence-corrected chi connectivity index (χ1v) is 6.55. The van der Waals surface area contributed by atoms with Gasteiger partial charge in [-0.25, -0.2) is 0 Å². The third-order valence-corrected chi connectivity index (χ3v) is 3.18. The standard InChI is InChI=1S/C15H24N2O2/c1-15(2,11-17-14(18)8-9-16-3)12-6-5-7-13(10-12)19-4/h5-7,10,16H,8-9,11H2,1-4H3,(H,17,18). The molecule has 1 aromatic carbocycles. The number of rotatable bonds is 7. The van der Waals surface area contributed by atoms with Gasteiger partial charge in [-0.05, 0) is 24.7 Å². The Morgan fingerprint density at radius 1 is 1.37 bits per heavy atom. The van der Waals surface area contributed by atoms with Crippen molar-refractivity contribution in [1.82, 2.24) is 10.6 Å². The average molecular weight is 264 g/mol. The second-order valence-electron chi connectivity index (χ2n) is 5.25. The number of amides is 1. The summed E-state index contributed by atoms with van der Waals surface area (Å²) in [6, 6.07) is 7.96. The van der Waals surface area contributed by atoms with Crippen LogP contribution in [-0.2, 0) is 10.2 Å². The van der Waals surface area contributed by atoms with E-state index in [4.69, 9.17) is 4.74 Å². The van der Waals surface area contributed by atoms with Gasteiger partial charge in [0, 0.05) is 24.9 Å². The van der Waals surface area contributed by atoms with Gasteiger partial charge in [0.2, 0.25) is 5.91 Å². The van der Waals surface area contributed by atoms with Gasteiger partial charge in [-0.2, -0.15) is 0 Å². The summed E-state index contributed by atoms with van der Waals surface area (Å²) >= 11 is 0. The molecule has 0 aliphatic rings. The summed E-state index contributed by atoms with van der Waals surface area (Å²) in [4.78, 5) is 11.6. The Balaban J connectivity index is 2.61. The zero-order chi connectivity index (χ0) is 14.3. The van der Waals surface area contributed by atoms with Gasteiger partial charge in [0.25, 0.3) is 0 Å². The average Bonchev–Trinajstić information content (AvgIpc) is 2.43. The van der Waals surface area contributed by atoms with Crippen LogP contribution in [0.15, 0.2) is 24.3 Å². The van der Waals surface area contributed by atoms with Gasteiger partial charge in [-0.1, -0.05) is 26.0 Å². The van der Waals surface area contributed by atoms with Crippen molar-refractivity contribution < 1.29 is 9.53 Å². The highest BCUT2D eigenvalue weighted by Crippen LogP contribution is 2.25. The lowest BCUT2D eigenvalue weighted by molar-refractivity contribution is -0.121. The molecule has 1 aromatic rings. The minimum absolute atomic E-state index is 0.0744. The minimum atomic E-state index is -0.121. The summed E-state index contributed by atoms with van der Waals surface area (Å²) < 4.78 is 5.23. The summed E-state index contributed by atoms with van der Waals surface area (Å²) in [5, 5.41) is 5.94. The normalized spacial score (nSPS) is 11.2. The lowest BCUT2D eigenvalue weighted by Crippen LogP contribution is -2.37. The first-order valence-electron chi connectivity index (χ1n) is 6.55. The van der Waals surface area contributed by atoms with Crippen LogP contribution >= 0.6 is 0 Å². The van der Waals surface area contributed by atoms with E-state index >= 15 is 0 Å². The molecule has 1 amide bonds. The summed E-state index contributed by atoms with van der Waals surface area (Å²) in [7, 11) is 3.50. The number of ether oxygens (including phenoxy) is 1. The minimum Gasteiger partial charge on any atom is -0.497 e. The van der Waals surface area contributed by atoms with Crippen LogP contribution in [0, 0.1) is 0 Å². The molecule has 4 heteroatoms. The Kier molecular flexibility index (Phi) is 5.83. The predicted molar refractivity (Wildman–Crippen MR) is 77.6 cm³/mol. The summed E-state index contributed by atoms with van der Waals surface area (Å²) in [6.45, 7) is 5.54. The van der Waals surface area contributed by atoms with E-state index in [1.165, 1.54) is 0 Å². The third kappa shape index (κ3) is 4.91. The van der Waals surface area contributed by atoms with Crippen LogP contribution in [0.5, 0.6) is 5.75 Å². The van der Waals surface area contributed by atoms with Crippen LogP contribution in [0.2, 0.25) is 0 Å². The van der Waals surface area contributed by atoms with Crippen LogP contribution in [0.4, 0.5) is 0 Å². The van der Waals surface area contributed by atoms with Gasteiger partial charge >= 0.3 is 0 Å². The molecule has 19 heavy (non-hydrogen) atoms. The Labute approximate surface area is 115 Å². The zero-order valence-corrected chi connectivity index (χ0v) is 12.2. The number of methoxy groups -OCH3 is 1. The van der Waals surface area contributed by atoms with Crippen molar-refractivity contribution in [3.05, 3.63) is 29.8 Å². The molecule has 106 valence electrons. The van der Waals surface area contributed by atoms with Crippen LogP contribution in [-0.4, -0.2) is 33.2 Å². The maximum atomic E-state index is 11.6. The molecule has 0 unspecified atom stereocenters. The fourth-order valence-electron chi connectivity index (χ4n) is 1.79. The first kappa shape index (κ1) is 15.5. The predicted octanol–water partition coefficient (Wildman–Crippen LogP) is 1.70. The zero-order valence-electron chi connectivity index (χ0n) is 12.2. The summed E-state index contributed by atoms with van der Waals surface area (Å²) in [6.07, 6.45) is 0.505. The van der Waals surface area contributed by atoms with Gasteiger partial charge < -0.3 is 15.4 Å². The lowest BCUT2D eigenvalue weighted by atomic mass is 9.84. The number of benzene rings is 1. The highest BCUT2D eigenvalue weighted by Gasteiger charge is 2.21. The van der Waals surface area contributed by atoms with E-state index in [1.54, 1.807) is 7.11 Å². The van der Waals surface area contributed by atoms with Crippen molar-refractivity contribution in [3.63, 3.8) is 0 Å². The van der Waals surface area contributed by atoms with E-state index in [0.29, 0.717) is 19.5 Å². The van der Waals surface area contributed by atoms with E-state index in [-0.39, 0.29) is 11.3 Å². The Morgan fingerprint density at radius 2 is 2.11 bits per heavy atom. The Hall–Kier alpha value is -1.55. The van der Waals surface area contributed by atoms with Crippen molar-refractivity contribution in [1.29, 1.82) is 0 Å². The van der Waals surface area contributed by atoms with Crippen LogP contribution < -0.4 is 15.4 Å². The Bertz CT molecular complexity index is 416. The van der Waals surface area contributed by atoms with Gasteiger partial charge in [-0.15, -0.1) is 0 Å². The first-order chi connectivity index (χ1) is 8.99. The highest BCUT2D eigenvalue weighted by molar-refractivity contribution is 5.76. The molecule has 2 N–H and O–H groups in total. The lowest BCUT2D eigenvalue weighted by Gasteiger charge is -2.26. The molecule has 0 bridgehead atoms. The number of hydrogen-bond donors (Lipinski definition) is 2. The molecular weight excluding hydrogens is 240 g/mol. The number of carbonyl (C=O) groups excluding carboxylic acids is 1. The van der Waals surface area contributed by atoms with Crippen molar-refractivity contribution in [2.45, 2.75) is 25.7 Å². The largest absolute Gasteiger partial charge is 0.497 e. The second kappa shape index (κ2) is 7.14. The highest BCUT2D eigenvalue weighted by atomic mass is 16.5. The second-order valence-corrected chi connectivity index (χ2v) is 5.25. The van der Waals surface area contributed by atoms with Crippen LogP contribution in [0.25, 0.3) is 0 Å². The van der Waals surface area contributed by atoms with Gasteiger partial charge in [0.15, 0.2) is 0 Å². The molecule has 0 spiro atoms. The molecule has 0 atom stereocenters. The van der Waals surface area contributed by atoms with E-state index in [1.807, 2.05) is 25.2 Å². The van der Waals surface area contributed by atoms with Crippen molar-refractivity contribution in [2.24, 2.45) is 0 Å². The van der Waals surface area contributed by atoms with Crippen molar-refractivity contribution in [3.8, 4) is 5.75 Å². The van der Waals surface area contributed by atoms with E-state index in [2.05, 4.69) is 30.5 Å². The van der Waals surface area contributed by atoms with Gasteiger partial charge in [-0.3, -0.25) is 4.79 Å². The molecule has 0 aliphatic carbocycles. The van der Waals surface area contributed by atoms with Crippen molar-refractivity contribution in [2.75, 3.05) is 27.2 Å². The molecular formula is C15H24N2O2. The molecule has 0 saturated carbocycles. The van der Waals surface area contributed by atoms with E-state index in [0.717, 1.165) is 11.3 Å². The van der Waals surface area contributed by atoms with Gasteiger partial charge in [0.05, 0.1) is 7.11 Å². The maximum absolute atomic E-state index is 11.6. The molecule has 0 aromatic heterocycles. The molecule has 0 aliphatic heterocycles. The number of carbonyl (C=O) groups is 1. The summed E-state index contributed by atoms with van der Waals surface area (Å²) in [5.74, 6) is 0.914. The monoisotopic (exact) mass is 264 g/mol.